The van der Waals surface area contributed by atoms with Gasteiger partial charge >= 0.3 is 6.18 Å². The Morgan fingerprint density at radius 2 is 1.79 bits per heavy atom. The second kappa shape index (κ2) is 8.96. The highest BCUT2D eigenvalue weighted by Crippen LogP contribution is 2.33. The largest absolute Gasteiger partial charge is 0.475 e. The van der Waals surface area contributed by atoms with E-state index in [0.29, 0.717) is 23.6 Å². The van der Waals surface area contributed by atoms with Crippen LogP contribution >= 0.6 is 11.6 Å². The molecule has 0 radical (unpaired) electrons. The minimum absolute atomic E-state index is 0.142. The van der Waals surface area contributed by atoms with Crippen LogP contribution in [0.3, 0.4) is 0 Å². The Morgan fingerprint density at radius 1 is 1.03 bits per heavy atom. The molecule has 33 heavy (non-hydrogen) atoms. The molecule has 0 saturated carbocycles. The van der Waals surface area contributed by atoms with E-state index in [1.54, 1.807) is 6.07 Å². The number of ether oxygens (including phenoxy) is 1. The molecular formula is C20H15ClF3N5O3S. The van der Waals surface area contributed by atoms with E-state index in [1.165, 1.54) is 10.6 Å². The van der Waals surface area contributed by atoms with Crippen LogP contribution in [0.4, 0.5) is 13.2 Å². The molecule has 0 spiro atoms. The predicted octanol–water partition coefficient (Wildman–Crippen LogP) is 3.82. The van der Waals surface area contributed by atoms with Gasteiger partial charge in [-0.3, -0.25) is 0 Å². The lowest BCUT2D eigenvalue weighted by Crippen LogP contribution is -2.29. The molecule has 0 saturated heterocycles. The van der Waals surface area contributed by atoms with Crippen molar-refractivity contribution in [1.82, 2.24) is 24.5 Å². The predicted molar refractivity (Wildman–Crippen MR) is 113 cm³/mol. The topological polar surface area (TPSA) is 98.5 Å². The molecule has 0 unspecified atom stereocenters. The number of halogens is 4. The molecule has 0 bridgehead atoms. The summed E-state index contributed by atoms with van der Waals surface area (Å²) in [6.07, 6.45) is -4.71. The summed E-state index contributed by atoms with van der Waals surface area (Å²) in [6.45, 7) is -0.376. The van der Waals surface area contributed by atoms with Crippen LogP contribution in [-0.2, 0) is 16.2 Å². The third kappa shape index (κ3) is 5.07. The van der Waals surface area contributed by atoms with Crippen LogP contribution in [-0.4, -0.2) is 41.4 Å². The van der Waals surface area contributed by atoms with Crippen molar-refractivity contribution in [1.29, 1.82) is 0 Å². The Morgan fingerprint density at radius 3 is 2.52 bits per heavy atom. The van der Waals surface area contributed by atoms with Gasteiger partial charge in [-0.1, -0.05) is 41.9 Å². The van der Waals surface area contributed by atoms with Crippen LogP contribution in [0.5, 0.6) is 5.88 Å². The molecule has 2 aromatic heterocycles. The standard InChI is InChI=1S/C20H15ClF3N5O3S/c21-15-7-6-14(20(22,23)24)12-16(15)33(30,31)25-10-11-32-18-9-8-17-26-27-19(29(17)28-18)13-4-2-1-3-5-13/h1-9,12,25H,10-11H2. The number of sulfonamides is 1. The summed E-state index contributed by atoms with van der Waals surface area (Å²) in [5, 5.41) is 12.1. The number of aromatic nitrogens is 4. The molecule has 8 nitrogen and oxygen atoms in total. The van der Waals surface area contributed by atoms with Gasteiger partial charge in [0, 0.05) is 18.2 Å². The number of rotatable bonds is 7. The summed E-state index contributed by atoms with van der Waals surface area (Å²) in [4.78, 5) is -0.671. The van der Waals surface area contributed by atoms with Crippen molar-refractivity contribution in [3.8, 4) is 17.3 Å². The fourth-order valence-electron chi connectivity index (χ4n) is 2.91. The van der Waals surface area contributed by atoms with Crippen molar-refractivity contribution >= 4 is 27.3 Å². The number of nitrogens with zero attached hydrogens (tertiary/aromatic N) is 4. The van der Waals surface area contributed by atoms with Gasteiger partial charge in [0.25, 0.3) is 0 Å². The minimum Gasteiger partial charge on any atom is -0.475 e. The van der Waals surface area contributed by atoms with Crippen LogP contribution in [0, 0.1) is 0 Å². The van der Waals surface area contributed by atoms with Gasteiger partial charge in [0.15, 0.2) is 11.5 Å². The number of nitrogens with one attached hydrogen (secondary N) is 1. The molecule has 13 heteroatoms. The summed E-state index contributed by atoms with van der Waals surface area (Å²) in [5.74, 6) is 0.673. The molecule has 4 aromatic rings. The van der Waals surface area contributed by atoms with Crippen molar-refractivity contribution in [2.45, 2.75) is 11.1 Å². The van der Waals surface area contributed by atoms with Crippen LogP contribution in [0.2, 0.25) is 5.02 Å². The molecule has 0 fully saturated rings. The van der Waals surface area contributed by atoms with Crippen LogP contribution in [0.25, 0.3) is 17.0 Å². The Hall–Kier alpha value is -3.22. The van der Waals surface area contributed by atoms with Crippen molar-refractivity contribution in [2.24, 2.45) is 0 Å². The average molecular weight is 498 g/mol. The first-order valence-corrected chi connectivity index (χ1v) is 11.3. The molecule has 2 heterocycles. The van der Waals surface area contributed by atoms with E-state index in [9.17, 15) is 21.6 Å². The zero-order valence-electron chi connectivity index (χ0n) is 16.6. The van der Waals surface area contributed by atoms with E-state index in [2.05, 4.69) is 20.0 Å². The number of alkyl halides is 3. The van der Waals surface area contributed by atoms with E-state index in [-0.39, 0.29) is 24.1 Å². The quantitative estimate of drug-likeness (QED) is 0.390. The Labute approximate surface area is 191 Å². The van der Waals surface area contributed by atoms with E-state index < -0.39 is 26.7 Å². The maximum atomic E-state index is 12.9. The van der Waals surface area contributed by atoms with Crippen LogP contribution < -0.4 is 9.46 Å². The fourth-order valence-corrected chi connectivity index (χ4v) is 4.45. The second-order valence-electron chi connectivity index (χ2n) is 6.72. The Balaban J connectivity index is 1.44. The second-order valence-corrected chi connectivity index (χ2v) is 8.86. The van der Waals surface area contributed by atoms with Crippen molar-refractivity contribution in [3.05, 3.63) is 71.2 Å². The zero-order chi connectivity index (χ0) is 23.6. The summed E-state index contributed by atoms with van der Waals surface area (Å²) in [7, 11) is -4.30. The van der Waals surface area contributed by atoms with Gasteiger partial charge in [-0.2, -0.15) is 17.7 Å². The molecule has 4 rings (SSSR count). The summed E-state index contributed by atoms with van der Waals surface area (Å²) in [6, 6.07) is 14.5. The smallest absolute Gasteiger partial charge is 0.416 e. The SMILES string of the molecule is O=S(=O)(NCCOc1ccc2nnc(-c3ccccc3)n2n1)c1cc(C(F)(F)F)ccc1Cl. The summed E-state index contributed by atoms with van der Waals surface area (Å²) < 4.78 is 72.7. The normalized spacial score (nSPS) is 12.2. The molecule has 0 amide bonds. The maximum Gasteiger partial charge on any atom is 0.416 e. The molecule has 0 atom stereocenters. The lowest BCUT2D eigenvalue weighted by molar-refractivity contribution is -0.137. The zero-order valence-corrected chi connectivity index (χ0v) is 18.2. The van der Waals surface area contributed by atoms with Gasteiger partial charge in [0.2, 0.25) is 15.9 Å². The van der Waals surface area contributed by atoms with Crippen molar-refractivity contribution in [3.63, 3.8) is 0 Å². The summed E-state index contributed by atoms with van der Waals surface area (Å²) in [5.41, 5.74) is 0.158. The molecule has 0 aliphatic heterocycles. The van der Waals surface area contributed by atoms with Crippen molar-refractivity contribution < 1.29 is 26.3 Å². The highest BCUT2D eigenvalue weighted by atomic mass is 35.5. The molecular weight excluding hydrogens is 483 g/mol. The number of hydrogen-bond donors (Lipinski definition) is 1. The Bertz CT molecular complexity index is 1400. The first kappa shape index (κ1) is 23.0. The molecule has 0 aliphatic carbocycles. The van der Waals surface area contributed by atoms with Gasteiger partial charge in [-0.05, 0) is 24.3 Å². The average Bonchev–Trinajstić information content (AvgIpc) is 3.20. The monoisotopic (exact) mass is 497 g/mol. The highest BCUT2D eigenvalue weighted by Gasteiger charge is 2.32. The fraction of sp³-hybridized carbons (Fsp3) is 0.150. The number of hydrogen-bond acceptors (Lipinski definition) is 6. The van der Waals surface area contributed by atoms with Crippen molar-refractivity contribution in [2.75, 3.05) is 13.2 Å². The molecule has 1 N–H and O–H groups in total. The van der Waals surface area contributed by atoms with E-state index in [4.69, 9.17) is 16.3 Å². The van der Waals surface area contributed by atoms with Crippen LogP contribution in [0.15, 0.2) is 65.6 Å². The third-order valence-corrected chi connectivity index (χ3v) is 6.41. The number of fused-ring (bicyclic) bond motifs is 1. The van der Waals surface area contributed by atoms with Crippen LogP contribution in [0.1, 0.15) is 5.56 Å². The maximum absolute atomic E-state index is 12.9. The molecule has 0 aliphatic rings. The number of benzene rings is 2. The van der Waals surface area contributed by atoms with Gasteiger partial charge in [0.1, 0.15) is 11.5 Å². The lowest BCUT2D eigenvalue weighted by atomic mass is 10.2. The lowest BCUT2D eigenvalue weighted by Gasteiger charge is -2.12. The highest BCUT2D eigenvalue weighted by molar-refractivity contribution is 7.89. The van der Waals surface area contributed by atoms with E-state index in [1.807, 2.05) is 30.3 Å². The Kier molecular flexibility index (Phi) is 6.23. The van der Waals surface area contributed by atoms with E-state index in [0.717, 1.165) is 11.6 Å². The van der Waals surface area contributed by atoms with Gasteiger partial charge in [0.05, 0.1) is 10.6 Å². The third-order valence-electron chi connectivity index (χ3n) is 4.46. The first-order chi connectivity index (χ1) is 15.6. The van der Waals surface area contributed by atoms with Gasteiger partial charge in [-0.25, -0.2) is 13.1 Å². The molecule has 2 aromatic carbocycles. The van der Waals surface area contributed by atoms with Gasteiger partial charge < -0.3 is 4.74 Å². The summed E-state index contributed by atoms with van der Waals surface area (Å²) >= 11 is 5.81. The minimum atomic E-state index is -4.71. The van der Waals surface area contributed by atoms with Gasteiger partial charge in [-0.15, -0.1) is 15.3 Å². The first-order valence-electron chi connectivity index (χ1n) is 9.42. The van der Waals surface area contributed by atoms with E-state index >= 15 is 0 Å². The molecule has 172 valence electrons.